The van der Waals surface area contributed by atoms with Gasteiger partial charge in [0.15, 0.2) is 0 Å². The monoisotopic (exact) mass is 154 g/mol. The average molecular weight is 154 g/mol. The molecule has 1 amide bonds. The summed E-state index contributed by atoms with van der Waals surface area (Å²) >= 11 is 0. The van der Waals surface area contributed by atoms with Gasteiger partial charge in [0.05, 0.1) is 5.92 Å². The molecular weight excluding hydrogens is 140 g/mol. The van der Waals surface area contributed by atoms with Gasteiger partial charge in [-0.15, -0.1) is 6.58 Å². The van der Waals surface area contributed by atoms with E-state index in [4.69, 9.17) is 0 Å². The maximum Gasteiger partial charge on any atom is 0.228 e. The van der Waals surface area contributed by atoms with Gasteiger partial charge in [0.1, 0.15) is 0 Å². The van der Waals surface area contributed by atoms with Crippen molar-refractivity contribution in [3.63, 3.8) is 0 Å². The van der Waals surface area contributed by atoms with Gasteiger partial charge >= 0.3 is 0 Å². The Balaban J connectivity index is 2.32. The van der Waals surface area contributed by atoms with Gasteiger partial charge in [0.25, 0.3) is 0 Å². The SMILES string of the molecule is C=CCN(C)C(=O)C1CNC1. The van der Waals surface area contributed by atoms with Crippen LogP contribution in [0, 0.1) is 5.92 Å². The van der Waals surface area contributed by atoms with Crippen LogP contribution in [0.5, 0.6) is 0 Å². The fourth-order valence-corrected chi connectivity index (χ4v) is 1.06. The van der Waals surface area contributed by atoms with E-state index in [2.05, 4.69) is 11.9 Å². The van der Waals surface area contributed by atoms with Crippen molar-refractivity contribution in [3.05, 3.63) is 12.7 Å². The summed E-state index contributed by atoms with van der Waals surface area (Å²) in [6.07, 6.45) is 1.74. The molecule has 0 unspecified atom stereocenters. The van der Waals surface area contributed by atoms with Gasteiger partial charge in [-0.2, -0.15) is 0 Å². The molecule has 0 bridgehead atoms. The Bertz CT molecular complexity index is 163. The standard InChI is InChI=1S/C8H14N2O/c1-3-4-10(2)8(11)7-5-9-6-7/h3,7,9H,1,4-6H2,2H3. The summed E-state index contributed by atoms with van der Waals surface area (Å²) in [5, 5.41) is 3.07. The molecule has 1 fully saturated rings. The molecule has 0 aromatic rings. The highest BCUT2D eigenvalue weighted by Crippen LogP contribution is 2.06. The lowest BCUT2D eigenvalue weighted by atomic mass is 10.0. The number of nitrogens with one attached hydrogen (secondary N) is 1. The van der Waals surface area contributed by atoms with Crippen LogP contribution in [0.3, 0.4) is 0 Å². The summed E-state index contributed by atoms with van der Waals surface area (Å²) in [4.78, 5) is 13.1. The van der Waals surface area contributed by atoms with Crippen molar-refractivity contribution in [2.45, 2.75) is 0 Å². The molecule has 1 N–H and O–H groups in total. The molecule has 1 aliphatic rings. The van der Waals surface area contributed by atoms with Gasteiger partial charge in [0, 0.05) is 26.7 Å². The maximum atomic E-state index is 11.4. The van der Waals surface area contributed by atoms with Gasteiger partial charge in [0.2, 0.25) is 5.91 Å². The quantitative estimate of drug-likeness (QED) is 0.573. The van der Waals surface area contributed by atoms with Crippen LogP contribution >= 0.6 is 0 Å². The Morgan fingerprint density at radius 1 is 1.82 bits per heavy atom. The van der Waals surface area contributed by atoms with Crippen LogP contribution in [-0.2, 0) is 4.79 Å². The molecule has 62 valence electrons. The Morgan fingerprint density at radius 3 is 2.82 bits per heavy atom. The van der Waals surface area contributed by atoms with E-state index in [1.807, 2.05) is 7.05 Å². The molecule has 1 heterocycles. The molecule has 0 aromatic heterocycles. The van der Waals surface area contributed by atoms with Gasteiger partial charge < -0.3 is 10.2 Å². The summed E-state index contributed by atoms with van der Waals surface area (Å²) in [5.41, 5.74) is 0. The molecule has 3 heteroatoms. The Labute approximate surface area is 67.1 Å². The van der Waals surface area contributed by atoms with Crippen LogP contribution in [0.2, 0.25) is 0 Å². The number of rotatable bonds is 3. The fraction of sp³-hybridized carbons (Fsp3) is 0.625. The molecule has 0 spiro atoms. The largest absolute Gasteiger partial charge is 0.342 e. The highest BCUT2D eigenvalue weighted by atomic mass is 16.2. The number of carbonyl (C=O) groups is 1. The van der Waals surface area contributed by atoms with E-state index in [0.717, 1.165) is 13.1 Å². The molecular formula is C8H14N2O. The number of nitrogens with zero attached hydrogens (tertiary/aromatic N) is 1. The summed E-state index contributed by atoms with van der Waals surface area (Å²) in [5.74, 6) is 0.434. The third-order valence-corrected chi connectivity index (χ3v) is 1.91. The lowest BCUT2D eigenvalue weighted by Gasteiger charge is -2.29. The zero-order valence-electron chi connectivity index (χ0n) is 6.84. The third-order valence-electron chi connectivity index (χ3n) is 1.91. The normalized spacial score (nSPS) is 17.2. The van der Waals surface area contributed by atoms with Crippen LogP contribution < -0.4 is 5.32 Å². The van der Waals surface area contributed by atoms with Crippen molar-refractivity contribution in [1.29, 1.82) is 0 Å². The molecule has 0 radical (unpaired) electrons. The molecule has 0 aromatic carbocycles. The van der Waals surface area contributed by atoms with Crippen molar-refractivity contribution >= 4 is 5.91 Å². The molecule has 0 saturated carbocycles. The Hall–Kier alpha value is -0.830. The minimum atomic E-state index is 0.208. The fourth-order valence-electron chi connectivity index (χ4n) is 1.06. The van der Waals surface area contributed by atoms with Crippen molar-refractivity contribution < 1.29 is 4.79 Å². The van der Waals surface area contributed by atoms with E-state index in [-0.39, 0.29) is 11.8 Å². The molecule has 11 heavy (non-hydrogen) atoms. The van der Waals surface area contributed by atoms with Crippen LogP contribution in [0.1, 0.15) is 0 Å². The van der Waals surface area contributed by atoms with Crippen molar-refractivity contribution in [2.75, 3.05) is 26.7 Å². The molecule has 0 aliphatic carbocycles. The van der Waals surface area contributed by atoms with Crippen LogP contribution in [0.25, 0.3) is 0 Å². The molecule has 1 saturated heterocycles. The minimum Gasteiger partial charge on any atom is -0.342 e. The maximum absolute atomic E-state index is 11.4. The van der Waals surface area contributed by atoms with Gasteiger partial charge in [-0.05, 0) is 0 Å². The van der Waals surface area contributed by atoms with E-state index in [9.17, 15) is 4.79 Å². The van der Waals surface area contributed by atoms with E-state index in [1.165, 1.54) is 0 Å². The number of hydrogen-bond donors (Lipinski definition) is 1. The Kier molecular flexibility index (Phi) is 2.65. The number of likely N-dealkylation sites (N-methyl/N-ethyl adjacent to an activating group) is 1. The van der Waals surface area contributed by atoms with Crippen LogP contribution in [0.15, 0.2) is 12.7 Å². The summed E-state index contributed by atoms with van der Waals surface area (Å²) in [7, 11) is 1.81. The lowest BCUT2D eigenvalue weighted by molar-refractivity contribution is -0.135. The smallest absolute Gasteiger partial charge is 0.228 e. The molecule has 3 nitrogen and oxygen atoms in total. The number of amides is 1. The van der Waals surface area contributed by atoms with Crippen molar-refractivity contribution in [2.24, 2.45) is 5.92 Å². The summed E-state index contributed by atoms with van der Waals surface area (Å²) in [6.45, 7) is 5.89. The second kappa shape index (κ2) is 3.53. The highest BCUT2D eigenvalue weighted by molar-refractivity contribution is 5.80. The minimum absolute atomic E-state index is 0.208. The number of hydrogen-bond acceptors (Lipinski definition) is 2. The predicted octanol–water partition coefficient (Wildman–Crippen LogP) is -0.150. The molecule has 1 rings (SSSR count). The third kappa shape index (κ3) is 1.80. The molecule has 0 atom stereocenters. The number of carbonyl (C=O) groups excluding carboxylic acids is 1. The first-order chi connectivity index (χ1) is 5.25. The topological polar surface area (TPSA) is 32.3 Å². The summed E-state index contributed by atoms with van der Waals surface area (Å²) in [6, 6.07) is 0. The van der Waals surface area contributed by atoms with E-state index in [1.54, 1.807) is 11.0 Å². The van der Waals surface area contributed by atoms with E-state index < -0.39 is 0 Å². The van der Waals surface area contributed by atoms with E-state index in [0.29, 0.717) is 6.54 Å². The first kappa shape index (κ1) is 8.27. The first-order valence-corrected chi connectivity index (χ1v) is 3.82. The van der Waals surface area contributed by atoms with Crippen molar-refractivity contribution in [1.82, 2.24) is 10.2 Å². The van der Waals surface area contributed by atoms with Crippen LogP contribution in [0.4, 0.5) is 0 Å². The first-order valence-electron chi connectivity index (χ1n) is 3.82. The zero-order chi connectivity index (χ0) is 8.27. The highest BCUT2D eigenvalue weighted by Gasteiger charge is 2.26. The van der Waals surface area contributed by atoms with E-state index >= 15 is 0 Å². The molecule has 1 aliphatic heterocycles. The average Bonchev–Trinajstić information content (AvgIpc) is 1.84. The van der Waals surface area contributed by atoms with Crippen LogP contribution in [-0.4, -0.2) is 37.5 Å². The van der Waals surface area contributed by atoms with Gasteiger partial charge in [-0.25, -0.2) is 0 Å². The second-order valence-electron chi connectivity index (χ2n) is 2.86. The Morgan fingerprint density at radius 2 is 2.45 bits per heavy atom. The van der Waals surface area contributed by atoms with Gasteiger partial charge in [-0.3, -0.25) is 4.79 Å². The van der Waals surface area contributed by atoms with Crippen molar-refractivity contribution in [3.8, 4) is 0 Å². The van der Waals surface area contributed by atoms with Gasteiger partial charge in [-0.1, -0.05) is 6.08 Å². The zero-order valence-corrected chi connectivity index (χ0v) is 6.84. The summed E-state index contributed by atoms with van der Waals surface area (Å²) < 4.78 is 0. The lowest BCUT2D eigenvalue weighted by Crippen LogP contribution is -2.51. The second-order valence-corrected chi connectivity index (χ2v) is 2.86. The predicted molar refractivity (Wildman–Crippen MR) is 44.2 cm³/mol.